The minimum Gasteiger partial charge on any atom is -0.454 e. The summed E-state index contributed by atoms with van der Waals surface area (Å²) in [4.78, 5) is 9.63. The van der Waals surface area contributed by atoms with Gasteiger partial charge in [0.1, 0.15) is 11.7 Å². The second-order valence-electron chi connectivity index (χ2n) is 17.5. The topological polar surface area (TPSA) is 64.0 Å². The Morgan fingerprint density at radius 2 is 1.15 bits per heavy atom. The minimum absolute atomic E-state index is 0.385. The van der Waals surface area contributed by atoms with E-state index in [1.165, 1.54) is 10.1 Å². The Bertz CT molecular complexity index is 4540. The van der Waals surface area contributed by atoms with Crippen molar-refractivity contribution >= 4 is 124 Å². The number of aromatic nitrogens is 3. The smallest absolute Gasteiger partial charge is 0.220 e. The summed E-state index contributed by atoms with van der Waals surface area (Å²) in [5.74, 6) is 0. The maximum atomic E-state index is 12.1. The molecule has 15 rings (SSSR count). The molecule has 6 nitrogen and oxygen atoms in total. The third-order valence-corrected chi connectivity index (χ3v) is 15.4. The average molecular weight is 882 g/mol. The molecule has 7 heteroatoms. The van der Waals surface area contributed by atoms with E-state index in [4.69, 9.17) is 9.40 Å². The van der Waals surface area contributed by atoms with Crippen LogP contribution >= 0.6 is 11.3 Å². The highest BCUT2D eigenvalue weighted by atomic mass is 32.1. The van der Waals surface area contributed by atoms with E-state index in [1.807, 2.05) is 72.9 Å². The van der Waals surface area contributed by atoms with Gasteiger partial charge in [-0.25, -0.2) is 4.85 Å². The Balaban J connectivity index is 1.26. The molecule has 0 saturated heterocycles. The zero-order valence-corrected chi connectivity index (χ0v) is 36.8. The van der Waals surface area contributed by atoms with Crippen LogP contribution in [0.5, 0.6) is 0 Å². The highest BCUT2D eigenvalue weighted by Crippen LogP contribution is 2.55. The van der Waals surface area contributed by atoms with Crippen molar-refractivity contribution in [2.75, 3.05) is 0 Å². The molecule has 0 fully saturated rings. The summed E-state index contributed by atoms with van der Waals surface area (Å²) >= 11 is 1.76. The Kier molecular flexibility index (Phi) is 7.42. The number of benzene rings is 10. The van der Waals surface area contributed by atoms with Crippen LogP contribution in [0.25, 0.3) is 146 Å². The first-order valence-corrected chi connectivity index (χ1v) is 23.4. The summed E-state index contributed by atoms with van der Waals surface area (Å²) in [6, 6.07) is 65.8. The zero-order chi connectivity index (χ0) is 44.8. The fraction of sp³-hybridized carbons (Fsp3) is 0. The maximum absolute atomic E-state index is 12.1. The van der Waals surface area contributed by atoms with E-state index in [2.05, 4.69) is 135 Å². The van der Waals surface area contributed by atoms with E-state index < -0.39 is 0 Å². The number of hydrogen-bond acceptors (Lipinski definition) is 4. The van der Waals surface area contributed by atoms with E-state index in [0.29, 0.717) is 28.2 Å². The van der Waals surface area contributed by atoms with Crippen LogP contribution in [-0.4, -0.2) is 14.1 Å². The SMILES string of the molecule is [C-]#[N+]c1c(-c2ccccc2)c(C#N)c(-n2c3c(ccc4c5ccccc5oc43)c3ccc4c5ccccc5sc4c32)c(-c2ccccc2)c1-n1c2cccc3c4ccccc4c4nccc1c4c32. The molecule has 0 radical (unpaired) electrons. The fourth-order valence-corrected chi connectivity index (χ4v) is 12.7. The van der Waals surface area contributed by atoms with E-state index in [-0.39, 0.29) is 0 Å². The number of para-hydroxylation sites is 1. The van der Waals surface area contributed by atoms with Crippen molar-refractivity contribution in [1.29, 1.82) is 5.26 Å². The van der Waals surface area contributed by atoms with E-state index >= 15 is 0 Å². The van der Waals surface area contributed by atoms with Gasteiger partial charge in [-0.15, -0.1) is 11.3 Å². The van der Waals surface area contributed by atoms with Crippen LogP contribution in [0.3, 0.4) is 0 Å². The quantitative estimate of drug-likeness (QED) is 0.131. The predicted octanol–water partition coefficient (Wildman–Crippen LogP) is 17.0. The van der Waals surface area contributed by atoms with E-state index in [0.717, 1.165) is 114 Å². The second kappa shape index (κ2) is 13.6. The number of furan rings is 1. The molecule has 68 heavy (non-hydrogen) atoms. The number of nitriles is 1. The zero-order valence-electron chi connectivity index (χ0n) is 36.0. The van der Waals surface area contributed by atoms with Gasteiger partial charge in [0.05, 0.1) is 55.8 Å². The van der Waals surface area contributed by atoms with Crippen molar-refractivity contribution < 1.29 is 4.42 Å². The summed E-state index contributed by atoms with van der Waals surface area (Å²) in [5.41, 5.74) is 11.3. The Morgan fingerprint density at radius 1 is 0.515 bits per heavy atom. The summed E-state index contributed by atoms with van der Waals surface area (Å²) in [5, 5.41) is 23.9. The Morgan fingerprint density at radius 3 is 1.93 bits per heavy atom. The molecule has 0 aliphatic heterocycles. The van der Waals surface area contributed by atoms with Gasteiger partial charge in [-0.2, -0.15) is 5.26 Å². The van der Waals surface area contributed by atoms with Crippen LogP contribution < -0.4 is 0 Å². The van der Waals surface area contributed by atoms with E-state index in [1.54, 1.807) is 11.3 Å². The van der Waals surface area contributed by atoms with Gasteiger partial charge in [-0.05, 0) is 52.2 Å². The first kappa shape index (κ1) is 37.0. The lowest BCUT2D eigenvalue weighted by Gasteiger charge is -2.25. The normalized spacial score (nSPS) is 12.1. The van der Waals surface area contributed by atoms with Gasteiger partial charge in [0.2, 0.25) is 5.69 Å². The Labute approximate surface area is 391 Å². The van der Waals surface area contributed by atoms with Crippen molar-refractivity contribution in [2.45, 2.75) is 0 Å². The van der Waals surface area contributed by atoms with E-state index in [9.17, 15) is 11.8 Å². The predicted molar refractivity (Wildman–Crippen MR) is 281 cm³/mol. The van der Waals surface area contributed by atoms with Gasteiger partial charge < -0.3 is 13.6 Å². The first-order chi connectivity index (χ1) is 33.7. The molecule has 0 spiro atoms. The van der Waals surface area contributed by atoms with Gasteiger partial charge in [0.25, 0.3) is 0 Å². The average Bonchev–Trinajstić information content (AvgIpc) is 4.16. The molecular formula is C61H31N5OS. The lowest BCUT2D eigenvalue weighted by atomic mass is 9.88. The first-order valence-electron chi connectivity index (χ1n) is 22.6. The number of pyridine rings is 1. The highest BCUT2D eigenvalue weighted by Gasteiger charge is 2.34. The molecular weight excluding hydrogens is 851 g/mol. The summed E-state index contributed by atoms with van der Waals surface area (Å²) < 4.78 is 13.9. The highest BCUT2D eigenvalue weighted by molar-refractivity contribution is 7.26. The van der Waals surface area contributed by atoms with Crippen molar-refractivity contribution in [1.82, 2.24) is 14.1 Å². The fourth-order valence-electron chi connectivity index (χ4n) is 11.5. The van der Waals surface area contributed by atoms with Crippen LogP contribution in [0.4, 0.5) is 5.69 Å². The number of hydrogen-bond donors (Lipinski definition) is 0. The summed E-state index contributed by atoms with van der Waals surface area (Å²) in [6.45, 7) is 9.34. The van der Waals surface area contributed by atoms with Gasteiger partial charge in [-0.1, -0.05) is 152 Å². The van der Waals surface area contributed by atoms with Crippen LogP contribution in [0.1, 0.15) is 5.56 Å². The lowest BCUT2D eigenvalue weighted by Crippen LogP contribution is -2.09. The molecule has 5 aromatic heterocycles. The largest absolute Gasteiger partial charge is 0.454 e. The Hall–Kier alpha value is -9.27. The molecule has 0 atom stereocenters. The molecule has 0 aliphatic rings. The van der Waals surface area contributed by atoms with Crippen LogP contribution in [0, 0.1) is 17.9 Å². The monoisotopic (exact) mass is 881 g/mol. The van der Waals surface area contributed by atoms with Gasteiger partial charge in [0, 0.05) is 70.5 Å². The molecule has 0 saturated carbocycles. The third-order valence-electron chi connectivity index (χ3n) is 14.2. The molecule has 0 bridgehead atoms. The van der Waals surface area contributed by atoms with Gasteiger partial charge in [-0.3, -0.25) is 4.98 Å². The summed E-state index contributed by atoms with van der Waals surface area (Å²) in [7, 11) is 0. The molecule has 15 aromatic rings. The third kappa shape index (κ3) is 4.69. The second-order valence-corrected chi connectivity index (χ2v) is 18.5. The molecule has 0 aliphatic carbocycles. The molecule has 5 heterocycles. The van der Waals surface area contributed by atoms with Crippen molar-refractivity contribution in [2.24, 2.45) is 0 Å². The molecule has 312 valence electrons. The van der Waals surface area contributed by atoms with Crippen molar-refractivity contribution in [3.05, 3.63) is 205 Å². The minimum atomic E-state index is 0.385. The number of fused-ring (bicyclic) bond motifs is 14. The molecule has 0 N–H and O–H groups in total. The van der Waals surface area contributed by atoms with Crippen LogP contribution in [0.15, 0.2) is 193 Å². The van der Waals surface area contributed by atoms with Crippen LogP contribution in [-0.2, 0) is 0 Å². The van der Waals surface area contributed by atoms with Crippen molar-refractivity contribution in [3.8, 4) is 39.7 Å². The number of rotatable bonds is 4. The standard InChI is InChI=1S/C61H31N5OS/c1-63-55-50(34-15-4-2-5-16-34)45(33-62)56(51(35-17-6-3-7-18-35)59(55)65-46-24-14-23-39-36-19-8-9-22-40(36)54-53(52(39)46)47(65)31-32-64-54)66-57-41(27-29-43-37-20-10-12-25-48(37)67-60(43)57)42-28-30-44-38-21-11-13-26-49(38)68-61(44)58(42)66/h2-32H. The lowest BCUT2D eigenvalue weighted by molar-refractivity contribution is 0.671. The summed E-state index contributed by atoms with van der Waals surface area (Å²) in [6.07, 6.45) is 1.89. The molecule has 0 unspecified atom stereocenters. The van der Waals surface area contributed by atoms with Gasteiger partial charge in [0.15, 0.2) is 5.58 Å². The molecule has 0 amide bonds. The number of thiophene rings is 1. The molecule has 10 aromatic carbocycles. The van der Waals surface area contributed by atoms with Crippen LogP contribution in [0.2, 0.25) is 0 Å². The van der Waals surface area contributed by atoms with Crippen molar-refractivity contribution in [3.63, 3.8) is 0 Å². The number of nitrogens with zero attached hydrogens (tertiary/aromatic N) is 5. The van der Waals surface area contributed by atoms with Gasteiger partial charge >= 0.3 is 0 Å². The maximum Gasteiger partial charge on any atom is 0.220 e.